The molecule has 0 radical (unpaired) electrons. The lowest BCUT2D eigenvalue weighted by Gasteiger charge is -2.22. The van der Waals surface area contributed by atoms with Crippen LogP contribution in [-0.2, 0) is 60.6 Å². The predicted octanol–water partition coefficient (Wildman–Crippen LogP) is 9.87. The number of benzene rings is 5. The molecule has 0 bridgehead atoms. The summed E-state index contributed by atoms with van der Waals surface area (Å²) in [7, 11) is -13.1. The van der Waals surface area contributed by atoms with E-state index in [1.165, 1.54) is 73.7 Å². The van der Waals surface area contributed by atoms with E-state index in [-0.39, 0.29) is 88.4 Å². The van der Waals surface area contributed by atoms with Crippen molar-refractivity contribution >= 4 is 198 Å². The summed E-state index contributed by atoms with van der Waals surface area (Å²) in [5.41, 5.74) is 18.1. The first kappa shape index (κ1) is 79.7. The molecule has 3 aromatic heterocycles. The Hall–Kier alpha value is -11.7. The van der Waals surface area contributed by atoms with Gasteiger partial charge in [0.2, 0.25) is 24.2 Å². The molecule has 104 heavy (non-hydrogen) atoms. The Morgan fingerprint density at radius 3 is 1.59 bits per heavy atom. The molecule has 0 aliphatic rings. The molecule has 40 heteroatoms. The third-order valence-electron chi connectivity index (χ3n) is 14.3. The van der Waals surface area contributed by atoms with E-state index < -0.39 is 97.9 Å². The third-order valence-corrected chi connectivity index (χ3v) is 19.1. The fourth-order valence-electron chi connectivity index (χ4n) is 9.52. The van der Waals surface area contributed by atoms with Crippen LogP contribution < -0.4 is 53.6 Å². The monoisotopic (exact) mass is 1530 g/mol. The highest BCUT2D eigenvalue weighted by Crippen LogP contribution is 2.43. The van der Waals surface area contributed by atoms with Crippen LogP contribution in [0.5, 0.6) is 0 Å². The van der Waals surface area contributed by atoms with E-state index in [1.54, 1.807) is 54.6 Å². The molecule has 0 unspecified atom stereocenters. The fraction of sp³-hybridized carbons (Fsp3) is 0.172. The second-order valence-corrected chi connectivity index (χ2v) is 27.5. The van der Waals surface area contributed by atoms with Gasteiger partial charge in [-0.1, -0.05) is 36.0 Å². The van der Waals surface area contributed by atoms with Crippen molar-refractivity contribution in [3.63, 3.8) is 0 Å². The summed E-state index contributed by atoms with van der Waals surface area (Å²) in [5, 5.41) is 31.1. The summed E-state index contributed by atoms with van der Waals surface area (Å²) in [6.45, 7) is 12.1. The maximum atomic E-state index is 13.6. The number of rotatable bonds is 32. The number of nitrogens with zero attached hydrogens (tertiary/aromatic N) is 9. The van der Waals surface area contributed by atoms with E-state index in [4.69, 9.17) is 44.8 Å². The molecule has 8 aromatic rings. The van der Waals surface area contributed by atoms with Gasteiger partial charge in [0.05, 0.1) is 43.4 Å². The first-order valence-electron chi connectivity index (χ1n) is 30.3. The van der Waals surface area contributed by atoms with Crippen molar-refractivity contribution < 1.29 is 76.9 Å². The standard InChI is InChI=1S/C64H63N17O14S5.O3S/c1-7-80(8-2)41-20-22-48(76-78-60-47(56(66)86)30-43(97-60)29-45(34(5)83)58(88)70-40-18-13-16-38(26-40)68-33-82)50(27-41)71-62-73-63(75-64(74-62)96-32-36-14-11-19-44(24-36)99(90,91)92)72-51-28-42(81(9-3)10-4)21-23-49(51)77-79-61-53(57(67)87)54(100(93,94)95)52(98-61)31-46(35(6)84)59(89)69-39-17-12-15-37(25-39)55(65)85;1-4(2)3/h11-31,33H,7-10,32H2,1-6H3,(H2,65,85)(H2,66,86)(H2,67,87)(H,68,82)(H,69,89)(H,70,88)(H,90,91,92)(H,93,94,95)(H2,71,72,73,74,75);/b45-29+,46-31-,78-76?,79-77?;. The Kier molecular flexibility index (Phi) is 27.4. The van der Waals surface area contributed by atoms with Gasteiger partial charge in [0.25, 0.3) is 43.9 Å². The minimum atomic E-state index is -5.40. The van der Waals surface area contributed by atoms with Crippen molar-refractivity contribution in [2.24, 2.45) is 37.7 Å². The molecule has 6 amide bonds. The average Bonchev–Trinajstić information content (AvgIpc) is 1.61. The van der Waals surface area contributed by atoms with Gasteiger partial charge in [-0.05, 0) is 150 Å². The number of thioether (sulfide) groups is 1. The number of anilines is 9. The summed E-state index contributed by atoms with van der Waals surface area (Å²) in [6.07, 6.45) is 2.55. The number of ketones is 2. The SMILES string of the molecule is CCN(CC)c1ccc(N=Nc2sc(/C=C(\C(C)=O)C(=O)Nc3cccc(NC=O)c3)cc2C(N)=O)c(Nc2nc(Nc3cc(N(CC)CC)ccc3N=Nc3sc(/C=C(/C(C)=O)C(=O)Nc4cccc(C(N)=O)c4)c(S(=O)(=O)O)c3C(N)=O)nc(SCc3cccc(S(=O)(=O)O)c3)n2)c1.O=S(=O)=O. The van der Waals surface area contributed by atoms with Crippen molar-refractivity contribution in [1.82, 2.24) is 15.0 Å². The topological polar surface area (TPSA) is 529 Å². The third kappa shape index (κ3) is 21.7. The Morgan fingerprint density at radius 2 is 1.10 bits per heavy atom. The normalized spacial score (nSPS) is 11.7. The van der Waals surface area contributed by atoms with Gasteiger partial charge in [-0.15, -0.1) is 55.8 Å². The zero-order valence-corrected chi connectivity index (χ0v) is 60.4. The molecular weight excluding hydrogens is 1470 g/mol. The maximum absolute atomic E-state index is 13.6. The van der Waals surface area contributed by atoms with Crippen LogP contribution in [0.25, 0.3) is 12.2 Å². The van der Waals surface area contributed by atoms with Crippen molar-refractivity contribution in [3.8, 4) is 0 Å². The summed E-state index contributed by atoms with van der Waals surface area (Å²) in [6, 6.07) is 28.5. The molecular formula is C64H63N17O17S6. The number of carbonyl (C=O) groups excluding carboxylic acids is 8. The molecule has 8 rings (SSSR count). The largest absolute Gasteiger partial charge is 0.425 e. The summed E-state index contributed by atoms with van der Waals surface area (Å²) < 4.78 is 96.6. The molecule has 34 nitrogen and oxygen atoms in total. The lowest BCUT2D eigenvalue weighted by atomic mass is 10.1. The van der Waals surface area contributed by atoms with Gasteiger partial charge in [0, 0.05) is 70.8 Å². The van der Waals surface area contributed by atoms with Gasteiger partial charge in [-0.25, -0.2) is 0 Å². The molecule has 0 aliphatic carbocycles. The van der Waals surface area contributed by atoms with Crippen molar-refractivity contribution in [2.75, 3.05) is 62.6 Å². The minimum Gasteiger partial charge on any atom is -0.372 e. The zero-order valence-electron chi connectivity index (χ0n) is 55.5. The van der Waals surface area contributed by atoms with E-state index in [1.807, 2.05) is 37.5 Å². The van der Waals surface area contributed by atoms with Gasteiger partial charge in [0.15, 0.2) is 26.7 Å². The first-order valence-corrected chi connectivity index (χ1v) is 36.8. The molecule has 0 fully saturated rings. The number of thiophene rings is 2. The molecule has 0 aliphatic heterocycles. The smallest absolute Gasteiger partial charge is 0.372 e. The highest BCUT2D eigenvalue weighted by Gasteiger charge is 2.32. The number of hydrogen-bond acceptors (Lipinski definition) is 29. The average molecular weight is 1530 g/mol. The van der Waals surface area contributed by atoms with Crippen molar-refractivity contribution in [2.45, 2.75) is 62.2 Å². The van der Waals surface area contributed by atoms with Gasteiger partial charge >= 0.3 is 10.6 Å². The number of azo groups is 2. The van der Waals surface area contributed by atoms with Crippen LogP contribution in [0.15, 0.2) is 162 Å². The zero-order chi connectivity index (χ0) is 76.3. The number of nitrogens with one attached hydrogen (secondary N) is 5. The number of amides is 6. The van der Waals surface area contributed by atoms with Crippen LogP contribution in [0.4, 0.5) is 73.1 Å². The van der Waals surface area contributed by atoms with Crippen LogP contribution >= 0.6 is 34.4 Å². The summed E-state index contributed by atoms with van der Waals surface area (Å²) in [5.74, 6) is -6.79. The molecule has 0 saturated heterocycles. The van der Waals surface area contributed by atoms with Crippen molar-refractivity contribution in [3.05, 3.63) is 158 Å². The van der Waals surface area contributed by atoms with E-state index >= 15 is 0 Å². The summed E-state index contributed by atoms with van der Waals surface area (Å²) >= 11 is 2.34. The Balaban J connectivity index is 0.00000368. The molecule has 542 valence electrons. The molecule has 3 heterocycles. The Labute approximate surface area is 607 Å². The Morgan fingerprint density at radius 1 is 0.587 bits per heavy atom. The number of hydrogen-bond donors (Lipinski definition) is 10. The highest BCUT2D eigenvalue weighted by atomic mass is 32.2. The van der Waals surface area contributed by atoms with E-state index in [2.05, 4.69) is 47.0 Å². The van der Waals surface area contributed by atoms with Crippen LogP contribution in [0.1, 0.15) is 87.9 Å². The second kappa shape index (κ2) is 35.8. The molecule has 0 spiro atoms. The molecule has 0 atom stereocenters. The van der Waals surface area contributed by atoms with Gasteiger partial charge in [-0.3, -0.25) is 47.5 Å². The highest BCUT2D eigenvalue weighted by molar-refractivity contribution is 7.98. The predicted molar refractivity (Wildman–Crippen MR) is 391 cm³/mol. The fourth-order valence-corrected chi connectivity index (χ4v) is 14.0. The number of Topliss-reactive ketones (excluding diaryl/α,β-unsaturated/α-hetero) is 2. The number of aromatic nitrogens is 3. The van der Waals surface area contributed by atoms with Gasteiger partial charge < -0.3 is 53.6 Å². The summed E-state index contributed by atoms with van der Waals surface area (Å²) in [4.78, 5) is 119. The van der Waals surface area contributed by atoms with E-state index in [9.17, 15) is 64.3 Å². The van der Waals surface area contributed by atoms with Gasteiger partial charge in [-0.2, -0.15) is 31.8 Å². The first-order chi connectivity index (χ1) is 49.2. The van der Waals surface area contributed by atoms with Crippen LogP contribution in [-0.4, -0.2) is 127 Å². The van der Waals surface area contributed by atoms with E-state index in [0.717, 1.165) is 36.1 Å². The lowest BCUT2D eigenvalue weighted by molar-refractivity contribution is -0.120. The van der Waals surface area contributed by atoms with Crippen LogP contribution in [0, 0.1) is 0 Å². The van der Waals surface area contributed by atoms with Crippen LogP contribution in [0.3, 0.4) is 0 Å². The minimum absolute atomic E-state index is 0.00749. The molecule has 0 saturated carbocycles. The lowest BCUT2D eigenvalue weighted by Crippen LogP contribution is -2.21. The molecule has 13 N–H and O–H groups in total. The Bertz CT molecular complexity index is 5190. The maximum Gasteiger partial charge on any atom is 0.425 e. The second-order valence-electron chi connectivity index (χ2n) is 21.2. The number of carbonyl (C=O) groups is 8. The number of nitrogens with two attached hydrogens (primary N) is 3. The molecule has 5 aromatic carbocycles. The van der Waals surface area contributed by atoms with Crippen LogP contribution in [0.2, 0.25) is 0 Å². The van der Waals surface area contributed by atoms with Gasteiger partial charge in [0.1, 0.15) is 16.3 Å². The number of primary amides is 3. The van der Waals surface area contributed by atoms with Crippen molar-refractivity contribution in [1.29, 1.82) is 0 Å². The van der Waals surface area contributed by atoms with E-state index in [0.29, 0.717) is 66.6 Å². The quantitative estimate of drug-likeness (QED) is 0.00356.